The van der Waals surface area contributed by atoms with Gasteiger partial charge in [0.2, 0.25) is 0 Å². The third kappa shape index (κ3) is 2.50. The Labute approximate surface area is 112 Å². The highest BCUT2D eigenvalue weighted by Crippen LogP contribution is 2.23. The molecule has 17 heavy (non-hydrogen) atoms. The van der Waals surface area contributed by atoms with E-state index in [0.29, 0.717) is 9.24 Å². The SMILES string of the molecule is C=CCCCn1c(=S)[nH]c2cc(Br)c(F)cc21. The first-order valence-electron chi connectivity index (χ1n) is 5.32. The van der Waals surface area contributed by atoms with E-state index in [0.717, 1.165) is 30.4 Å². The van der Waals surface area contributed by atoms with Crippen LogP contribution in [0.25, 0.3) is 11.0 Å². The van der Waals surface area contributed by atoms with E-state index in [-0.39, 0.29) is 5.82 Å². The van der Waals surface area contributed by atoms with Crippen LogP contribution in [0.1, 0.15) is 12.8 Å². The van der Waals surface area contributed by atoms with Crippen molar-refractivity contribution in [1.29, 1.82) is 0 Å². The summed E-state index contributed by atoms with van der Waals surface area (Å²) >= 11 is 8.40. The van der Waals surface area contributed by atoms with Gasteiger partial charge in [0.15, 0.2) is 4.77 Å². The number of fused-ring (bicyclic) bond motifs is 1. The molecule has 5 heteroatoms. The maximum atomic E-state index is 13.5. The van der Waals surface area contributed by atoms with Crippen molar-refractivity contribution in [2.24, 2.45) is 0 Å². The monoisotopic (exact) mass is 314 g/mol. The number of aromatic amines is 1. The van der Waals surface area contributed by atoms with E-state index in [9.17, 15) is 4.39 Å². The van der Waals surface area contributed by atoms with Crippen LogP contribution >= 0.6 is 28.1 Å². The van der Waals surface area contributed by atoms with E-state index in [1.165, 1.54) is 6.07 Å². The minimum Gasteiger partial charge on any atom is -0.331 e. The predicted molar refractivity (Wildman–Crippen MR) is 74.2 cm³/mol. The maximum absolute atomic E-state index is 13.5. The van der Waals surface area contributed by atoms with Crippen LogP contribution in [0.2, 0.25) is 0 Å². The number of imidazole rings is 1. The Bertz CT molecular complexity index is 615. The minimum absolute atomic E-state index is 0.274. The van der Waals surface area contributed by atoms with Gasteiger partial charge < -0.3 is 9.55 Å². The van der Waals surface area contributed by atoms with E-state index in [1.807, 2.05) is 10.6 Å². The summed E-state index contributed by atoms with van der Waals surface area (Å²) in [4.78, 5) is 3.08. The fourth-order valence-electron chi connectivity index (χ4n) is 1.77. The number of hydrogen-bond acceptors (Lipinski definition) is 1. The second-order valence-corrected chi connectivity index (χ2v) is 5.04. The van der Waals surface area contributed by atoms with Crippen LogP contribution in [0.5, 0.6) is 0 Å². The Balaban J connectivity index is 2.47. The van der Waals surface area contributed by atoms with Crippen molar-refractivity contribution in [3.8, 4) is 0 Å². The zero-order valence-corrected chi connectivity index (χ0v) is 11.6. The van der Waals surface area contributed by atoms with Gasteiger partial charge in [-0.2, -0.15) is 0 Å². The molecule has 1 heterocycles. The molecule has 2 aromatic rings. The Hall–Kier alpha value is -0.940. The summed E-state index contributed by atoms with van der Waals surface area (Å²) in [5, 5.41) is 0. The molecule has 0 amide bonds. The summed E-state index contributed by atoms with van der Waals surface area (Å²) in [6, 6.07) is 3.21. The highest BCUT2D eigenvalue weighted by molar-refractivity contribution is 9.10. The van der Waals surface area contributed by atoms with Crippen molar-refractivity contribution < 1.29 is 4.39 Å². The van der Waals surface area contributed by atoms with E-state index in [2.05, 4.69) is 27.5 Å². The Kier molecular flexibility index (Phi) is 3.79. The molecule has 0 aliphatic heterocycles. The summed E-state index contributed by atoms with van der Waals surface area (Å²) in [5.41, 5.74) is 1.65. The van der Waals surface area contributed by atoms with E-state index < -0.39 is 0 Å². The fraction of sp³-hybridized carbons (Fsp3) is 0.250. The zero-order chi connectivity index (χ0) is 12.4. The van der Waals surface area contributed by atoms with Gasteiger partial charge in [0.1, 0.15) is 5.82 Å². The molecule has 0 unspecified atom stereocenters. The molecule has 0 aliphatic carbocycles. The third-order valence-electron chi connectivity index (χ3n) is 2.61. The van der Waals surface area contributed by atoms with Crippen molar-refractivity contribution >= 4 is 39.2 Å². The number of hydrogen-bond donors (Lipinski definition) is 1. The molecule has 1 aromatic carbocycles. The molecule has 0 saturated carbocycles. The van der Waals surface area contributed by atoms with Crippen LogP contribution in [0, 0.1) is 10.6 Å². The summed E-state index contributed by atoms with van der Waals surface area (Å²) < 4.78 is 16.5. The Morgan fingerprint density at radius 2 is 2.29 bits per heavy atom. The molecular formula is C12H12BrFN2S. The molecule has 0 aliphatic rings. The minimum atomic E-state index is -0.274. The topological polar surface area (TPSA) is 20.7 Å². The lowest BCUT2D eigenvalue weighted by Gasteiger charge is -2.03. The van der Waals surface area contributed by atoms with E-state index in [1.54, 1.807) is 6.07 Å². The number of nitrogens with one attached hydrogen (secondary N) is 1. The van der Waals surface area contributed by atoms with Gasteiger partial charge in [0.05, 0.1) is 15.5 Å². The van der Waals surface area contributed by atoms with Gasteiger partial charge in [-0.1, -0.05) is 6.08 Å². The standard InChI is InChI=1S/C12H12BrFN2S/c1-2-3-4-5-16-11-7-9(14)8(13)6-10(11)15-12(16)17/h2,6-7H,1,3-5H2,(H,15,17). The number of halogens is 2. The average Bonchev–Trinajstić information content (AvgIpc) is 2.57. The van der Waals surface area contributed by atoms with Gasteiger partial charge in [-0.25, -0.2) is 4.39 Å². The summed E-state index contributed by atoms with van der Waals surface area (Å²) in [6.45, 7) is 4.45. The molecule has 2 nitrogen and oxygen atoms in total. The molecule has 0 bridgehead atoms. The first-order chi connectivity index (χ1) is 8.13. The molecule has 90 valence electrons. The van der Waals surface area contributed by atoms with Crippen LogP contribution in [0.3, 0.4) is 0 Å². The number of allylic oxidation sites excluding steroid dienone is 1. The lowest BCUT2D eigenvalue weighted by Crippen LogP contribution is -1.97. The van der Waals surface area contributed by atoms with Gasteiger partial charge in [0, 0.05) is 12.6 Å². The highest BCUT2D eigenvalue weighted by atomic mass is 79.9. The Morgan fingerprint density at radius 1 is 1.53 bits per heavy atom. The third-order valence-corrected chi connectivity index (χ3v) is 3.54. The second-order valence-electron chi connectivity index (χ2n) is 3.80. The zero-order valence-electron chi connectivity index (χ0n) is 9.17. The smallest absolute Gasteiger partial charge is 0.178 e. The predicted octanol–water partition coefficient (Wildman–Crippen LogP) is 4.57. The summed E-state index contributed by atoms with van der Waals surface area (Å²) in [7, 11) is 0. The number of aromatic nitrogens is 2. The van der Waals surface area contributed by atoms with Crippen molar-refractivity contribution in [3.05, 3.63) is 39.8 Å². The first kappa shape index (κ1) is 12.5. The average molecular weight is 315 g/mol. The molecule has 0 fully saturated rings. The van der Waals surface area contributed by atoms with Crippen molar-refractivity contribution in [1.82, 2.24) is 9.55 Å². The van der Waals surface area contributed by atoms with Gasteiger partial charge in [-0.15, -0.1) is 6.58 Å². The molecular weight excluding hydrogens is 303 g/mol. The summed E-state index contributed by atoms with van der Waals surface area (Å²) in [5.74, 6) is -0.274. The van der Waals surface area contributed by atoms with Gasteiger partial charge in [-0.05, 0) is 47.1 Å². The molecule has 0 spiro atoms. The van der Waals surface area contributed by atoms with E-state index in [4.69, 9.17) is 12.2 Å². The van der Waals surface area contributed by atoms with Crippen LogP contribution in [-0.4, -0.2) is 9.55 Å². The molecule has 0 atom stereocenters. The normalized spacial score (nSPS) is 10.9. The van der Waals surface area contributed by atoms with Crippen molar-refractivity contribution in [2.45, 2.75) is 19.4 Å². The van der Waals surface area contributed by atoms with Crippen LogP contribution in [0.15, 0.2) is 29.3 Å². The largest absolute Gasteiger partial charge is 0.331 e. The number of aryl methyl sites for hydroxylation is 1. The second kappa shape index (κ2) is 5.14. The summed E-state index contributed by atoms with van der Waals surface area (Å²) in [6.07, 6.45) is 3.74. The van der Waals surface area contributed by atoms with Crippen molar-refractivity contribution in [3.63, 3.8) is 0 Å². The molecule has 0 radical (unpaired) electrons. The van der Waals surface area contributed by atoms with Gasteiger partial charge >= 0.3 is 0 Å². The van der Waals surface area contributed by atoms with Crippen molar-refractivity contribution in [2.75, 3.05) is 0 Å². The quantitative estimate of drug-likeness (QED) is 0.498. The number of benzene rings is 1. The van der Waals surface area contributed by atoms with Crippen LogP contribution in [0.4, 0.5) is 4.39 Å². The lowest BCUT2D eigenvalue weighted by molar-refractivity contribution is 0.618. The van der Waals surface area contributed by atoms with E-state index >= 15 is 0 Å². The number of unbranched alkanes of at least 4 members (excludes halogenated alkanes) is 1. The van der Waals surface area contributed by atoms with Crippen LogP contribution < -0.4 is 0 Å². The number of H-pyrrole nitrogens is 1. The van der Waals surface area contributed by atoms with Crippen LogP contribution in [-0.2, 0) is 6.54 Å². The van der Waals surface area contributed by atoms with Gasteiger partial charge in [-0.3, -0.25) is 0 Å². The Morgan fingerprint density at radius 3 is 3.00 bits per heavy atom. The molecule has 0 saturated heterocycles. The lowest BCUT2D eigenvalue weighted by atomic mass is 10.3. The molecule has 1 aromatic heterocycles. The number of nitrogens with zero attached hydrogens (tertiary/aromatic N) is 1. The van der Waals surface area contributed by atoms with Gasteiger partial charge in [0.25, 0.3) is 0 Å². The molecule has 2 rings (SSSR count). The maximum Gasteiger partial charge on any atom is 0.178 e. The number of rotatable bonds is 4. The first-order valence-corrected chi connectivity index (χ1v) is 6.52. The highest BCUT2D eigenvalue weighted by Gasteiger charge is 2.08. The fourth-order valence-corrected chi connectivity index (χ4v) is 2.41. The molecule has 1 N–H and O–H groups in total.